The van der Waals surface area contributed by atoms with Crippen molar-refractivity contribution >= 4 is 22.5 Å². The fourth-order valence-corrected chi connectivity index (χ4v) is 3.95. The van der Waals surface area contributed by atoms with Gasteiger partial charge in [-0.1, -0.05) is 69.7 Å². The molecule has 0 saturated carbocycles. The summed E-state index contributed by atoms with van der Waals surface area (Å²) in [6.07, 6.45) is 12.8. The first-order valence-corrected chi connectivity index (χ1v) is 12.6. The largest absolute Gasteiger partial charge is 0.494 e. The summed E-state index contributed by atoms with van der Waals surface area (Å²) < 4.78 is 11.8. The first-order chi connectivity index (χ1) is 14.4. The average Bonchev–Trinajstić information content (AvgIpc) is 2.68. The molecule has 1 aromatic rings. The molecule has 30 heavy (non-hydrogen) atoms. The van der Waals surface area contributed by atoms with Gasteiger partial charge in [0.05, 0.1) is 12.7 Å². The van der Waals surface area contributed by atoms with Gasteiger partial charge in [-0.25, -0.2) is 0 Å². The van der Waals surface area contributed by atoms with E-state index in [-0.39, 0.29) is 11.2 Å². The quantitative estimate of drug-likeness (QED) is 0.232. The third-order valence-electron chi connectivity index (χ3n) is 4.89. The maximum Gasteiger partial charge on any atom is 0.185 e. The maximum atomic E-state index is 10.8. The maximum absolute atomic E-state index is 10.8. The average molecular weight is 435 g/mol. The topological polar surface area (TPSA) is 35.5 Å². The van der Waals surface area contributed by atoms with Crippen LogP contribution in [0.15, 0.2) is 24.8 Å². The number of allylic oxidation sites excluding steroid dienone is 1. The van der Waals surface area contributed by atoms with Crippen LogP contribution in [0.4, 0.5) is 0 Å². The van der Waals surface area contributed by atoms with Crippen LogP contribution in [-0.2, 0) is 4.79 Å². The molecule has 3 nitrogen and oxygen atoms in total. The van der Waals surface area contributed by atoms with Crippen molar-refractivity contribution in [2.75, 3.05) is 12.4 Å². The standard InChI is InChI=1S/C26H42O3S/c1-21(2)25-20-24(16-17-26(25)29-22(3)4)28-18-14-12-10-8-6-7-9-11-13-15-19-30-23(5)27/h16-17,20,22H,1,6-15,18-19H2,2-5H3. The van der Waals surface area contributed by atoms with Crippen LogP contribution in [0.3, 0.4) is 0 Å². The molecule has 0 N–H and O–H groups in total. The van der Waals surface area contributed by atoms with E-state index in [0.29, 0.717) is 0 Å². The van der Waals surface area contributed by atoms with Crippen molar-refractivity contribution in [2.24, 2.45) is 0 Å². The first kappa shape index (κ1) is 26.6. The third kappa shape index (κ3) is 13.0. The molecule has 0 amide bonds. The van der Waals surface area contributed by atoms with Crippen LogP contribution < -0.4 is 9.47 Å². The normalized spacial score (nSPS) is 11.0. The molecule has 0 aliphatic heterocycles. The van der Waals surface area contributed by atoms with Crippen LogP contribution in [0.5, 0.6) is 11.5 Å². The van der Waals surface area contributed by atoms with Crippen molar-refractivity contribution < 1.29 is 14.3 Å². The van der Waals surface area contributed by atoms with Crippen LogP contribution in [-0.4, -0.2) is 23.6 Å². The zero-order valence-electron chi connectivity index (χ0n) is 19.6. The Morgan fingerprint density at radius 2 is 1.50 bits per heavy atom. The number of hydrogen-bond donors (Lipinski definition) is 0. The molecular formula is C26H42O3S. The Hall–Kier alpha value is -1.42. The minimum absolute atomic E-state index is 0.145. The molecule has 0 aliphatic carbocycles. The summed E-state index contributed by atoms with van der Waals surface area (Å²) in [7, 11) is 0. The van der Waals surface area contributed by atoms with Crippen LogP contribution in [0.2, 0.25) is 0 Å². The van der Waals surface area contributed by atoms with Gasteiger partial charge in [0.2, 0.25) is 0 Å². The second-order valence-electron chi connectivity index (χ2n) is 8.33. The number of carbonyl (C=O) groups excluding carboxylic acids is 1. The van der Waals surface area contributed by atoms with Crippen molar-refractivity contribution in [1.82, 2.24) is 0 Å². The summed E-state index contributed by atoms with van der Waals surface area (Å²) in [6, 6.07) is 6.02. The predicted molar refractivity (Wildman–Crippen MR) is 132 cm³/mol. The van der Waals surface area contributed by atoms with Gasteiger partial charge in [-0.15, -0.1) is 0 Å². The van der Waals surface area contributed by atoms with Gasteiger partial charge in [0.1, 0.15) is 11.5 Å². The Bertz CT molecular complexity index is 625. The van der Waals surface area contributed by atoms with E-state index in [2.05, 4.69) is 6.58 Å². The Morgan fingerprint density at radius 1 is 0.933 bits per heavy atom. The summed E-state index contributed by atoms with van der Waals surface area (Å²) in [5, 5.41) is 0.242. The van der Waals surface area contributed by atoms with E-state index in [9.17, 15) is 4.79 Å². The lowest BCUT2D eigenvalue weighted by Gasteiger charge is -2.16. The first-order valence-electron chi connectivity index (χ1n) is 11.6. The zero-order chi connectivity index (χ0) is 22.2. The highest BCUT2D eigenvalue weighted by Crippen LogP contribution is 2.30. The van der Waals surface area contributed by atoms with E-state index in [4.69, 9.17) is 9.47 Å². The Labute approximate surface area is 189 Å². The van der Waals surface area contributed by atoms with Crippen molar-refractivity contribution in [2.45, 2.75) is 98.0 Å². The van der Waals surface area contributed by atoms with Gasteiger partial charge in [0.15, 0.2) is 5.12 Å². The highest BCUT2D eigenvalue weighted by molar-refractivity contribution is 8.13. The molecule has 0 heterocycles. The van der Waals surface area contributed by atoms with Gasteiger partial charge >= 0.3 is 0 Å². The number of rotatable bonds is 17. The molecule has 0 fully saturated rings. The highest BCUT2D eigenvalue weighted by Gasteiger charge is 2.08. The van der Waals surface area contributed by atoms with Crippen LogP contribution in [0.1, 0.15) is 97.5 Å². The van der Waals surface area contributed by atoms with Gasteiger partial charge in [-0.2, -0.15) is 0 Å². The molecule has 1 aromatic carbocycles. The lowest BCUT2D eigenvalue weighted by atomic mass is 10.1. The van der Waals surface area contributed by atoms with Gasteiger partial charge in [-0.05, 0) is 57.4 Å². The number of carbonyl (C=O) groups is 1. The number of hydrogen-bond acceptors (Lipinski definition) is 4. The molecule has 0 spiro atoms. The van der Waals surface area contributed by atoms with Gasteiger partial charge < -0.3 is 9.47 Å². The second-order valence-corrected chi connectivity index (χ2v) is 9.60. The van der Waals surface area contributed by atoms with Crippen LogP contribution >= 0.6 is 11.8 Å². The van der Waals surface area contributed by atoms with E-state index >= 15 is 0 Å². The summed E-state index contributed by atoms with van der Waals surface area (Å²) >= 11 is 1.46. The Balaban J connectivity index is 2.06. The zero-order valence-corrected chi connectivity index (χ0v) is 20.5. The fraction of sp³-hybridized carbons (Fsp3) is 0.654. The second kappa shape index (κ2) is 16.3. The van der Waals surface area contributed by atoms with Crippen LogP contribution in [0.25, 0.3) is 5.57 Å². The molecule has 0 aromatic heterocycles. The highest BCUT2D eigenvalue weighted by atomic mass is 32.2. The molecule has 4 heteroatoms. The Kier molecular flexibility index (Phi) is 14.5. The summed E-state index contributed by atoms with van der Waals surface area (Å²) in [5.74, 6) is 2.76. The van der Waals surface area contributed by atoms with Gasteiger partial charge in [-0.3, -0.25) is 4.79 Å². The van der Waals surface area contributed by atoms with E-state index in [0.717, 1.165) is 41.4 Å². The minimum atomic E-state index is 0.145. The van der Waals surface area contributed by atoms with Gasteiger partial charge in [0, 0.05) is 18.2 Å². The van der Waals surface area contributed by atoms with E-state index in [1.807, 2.05) is 39.0 Å². The van der Waals surface area contributed by atoms with Crippen LogP contribution in [0, 0.1) is 0 Å². The van der Waals surface area contributed by atoms with Crippen molar-refractivity contribution in [3.05, 3.63) is 30.3 Å². The number of unbranched alkanes of at least 4 members (excludes halogenated alkanes) is 9. The molecular weight excluding hydrogens is 392 g/mol. The Morgan fingerprint density at radius 3 is 2.03 bits per heavy atom. The summed E-state index contributed by atoms with van der Waals surface area (Å²) in [5.41, 5.74) is 2.02. The van der Waals surface area contributed by atoms with E-state index in [1.165, 1.54) is 69.5 Å². The van der Waals surface area contributed by atoms with E-state index in [1.54, 1.807) is 6.92 Å². The molecule has 170 valence electrons. The molecule has 0 aliphatic rings. The van der Waals surface area contributed by atoms with E-state index < -0.39 is 0 Å². The fourth-order valence-electron chi connectivity index (χ4n) is 3.31. The van der Waals surface area contributed by atoms with Gasteiger partial charge in [0.25, 0.3) is 0 Å². The number of thioether (sulfide) groups is 1. The molecule has 0 unspecified atom stereocenters. The van der Waals surface area contributed by atoms with Crippen molar-refractivity contribution in [3.63, 3.8) is 0 Å². The number of ether oxygens (including phenoxy) is 2. The monoisotopic (exact) mass is 434 g/mol. The minimum Gasteiger partial charge on any atom is -0.494 e. The molecule has 0 atom stereocenters. The third-order valence-corrected chi connectivity index (χ3v) is 5.79. The molecule has 0 saturated heterocycles. The molecule has 0 bridgehead atoms. The van der Waals surface area contributed by atoms with Crippen molar-refractivity contribution in [1.29, 1.82) is 0 Å². The summed E-state index contributed by atoms with van der Waals surface area (Å²) in [6.45, 7) is 12.5. The lowest BCUT2D eigenvalue weighted by Crippen LogP contribution is -2.07. The molecule has 1 rings (SSSR count). The summed E-state index contributed by atoms with van der Waals surface area (Å²) in [4.78, 5) is 10.8. The van der Waals surface area contributed by atoms with Crippen molar-refractivity contribution in [3.8, 4) is 11.5 Å². The predicted octanol–water partition coefficient (Wildman–Crippen LogP) is 8.07. The molecule has 0 radical (unpaired) electrons. The SMILES string of the molecule is C=C(C)c1cc(OCCCCCCCCCCCCSC(C)=O)ccc1OC(C)C. The smallest absolute Gasteiger partial charge is 0.185 e. The lowest BCUT2D eigenvalue weighted by molar-refractivity contribution is -0.109. The number of benzene rings is 1.